The van der Waals surface area contributed by atoms with Crippen LogP contribution in [-0.2, 0) is 20.8 Å². The fraction of sp³-hybridized carbons (Fsp3) is 0.448. The van der Waals surface area contributed by atoms with Gasteiger partial charge in [-0.15, -0.1) is 0 Å². The Hall–Kier alpha value is -3.88. The van der Waals surface area contributed by atoms with E-state index in [2.05, 4.69) is 16.0 Å². The Bertz CT molecular complexity index is 1110. The van der Waals surface area contributed by atoms with Gasteiger partial charge in [0.25, 0.3) is 5.91 Å². The van der Waals surface area contributed by atoms with Crippen molar-refractivity contribution in [2.75, 3.05) is 26.7 Å². The Balaban J connectivity index is 1.75. The molecule has 0 unspecified atom stereocenters. The van der Waals surface area contributed by atoms with Crippen molar-refractivity contribution in [3.63, 3.8) is 0 Å². The largest absolute Gasteiger partial charge is 0.491 e. The lowest BCUT2D eigenvalue weighted by Gasteiger charge is -2.27. The first kappa shape index (κ1) is 28.7. The molecule has 3 N–H and O–H groups in total. The highest BCUT2D eigenvalue weighted by Crippen LogP contribution is 2.19. The van der Waals surface area contributed by atoms with Gasteiger partial charge in [-0.2, -0.15) is 0 Å². The van der Waals surface area contributed by atoms with Crippen molar-refractivity contribution >= 4 is 23.6 Å². The van der Waals surface area contributed by atoms with Gasteiger partial charge in [-0.25, -0.2) is 0 Å². The van der Waals surface area contributed by atoms with Crippen LogP contribution < -0.4 is 20.7 Å². The van der Waals surface area contributed by atoms with E-state index < -0.39 is 18.0 Å². The third-order valence-corrected chi connectivity index (χ3v) is 6.51. The van der Waals surface area contributed by atoms with Crippen LogP contribution >= 0.6 is 0 Å². The molecule has 0 spiro atoms. The molecule has 3 rings (SSSR count). The monoisotopic (exact) mass is 522 g/mol. The fourth-order valence-corrected chi connectivity index (χ4v) is 4.23. The second-order valence-electron chi connectivity index (χ2n) is 9.84. The molecule has 0 aromatic heterocycles. The molecule has 2 aromatic carbocycles. The van der Waals surface area contributed by atoms with Crippen molar-refractivity contribution in [1.82, 2.24) is 20.9 Å². The van der Waals surface area contributed by atoms with Crippen molar-refractivity contribution in [1.29, 1.82) is 0 Å². The lowest BCUT2D eigenvalue weighted by molar-refractivity contribution is -0.137. The molecule has 0 bridgehead atoms. The van der Waals surface area contributed by atoms with Gasteiger partial charge in [0.15, 0.2) is 0 Å². The summed E-state index contributed by atoms with van der Waals surface area (Å²) in [6, 6.07) is 15.1. The Morgan fingerprint density at radius 1 is 1.05 bits per heavy atom. The number of para-hydroxylation sites is 1. The van der Waals surface area contributed by atoms with Gasteiger partial charge < -0.3 is 25.6 Å². The highest BCUT2D eigenvalue weighted by atomic mass is 16.5. The average Bonchev–Trinajstić information content (AvgIpc) is 2.91. The zero-order valence-corrected chi connectivity index (χ0v) is 22.4. The Morgan fingerprint density at radius 3 is 2.50 bits per heavy atom. The molecule has 9 heteroatoms. The third-order valence-electron chi connectivity index (χ3n) is 6.51. The van der Waals surface area contributed by atoms with Gasteiger partial charge in [-0.1, -0.05) is 56.3 Å². The number of amides is 4. The molecule has 0 fully saturated rings. The summed E-state index contributed by atoms with van der Waals surface area (Å²) in [7, 11) is 1.65. The summed E-state index contributed by atoms with van der Waals surface area (Å²) >= 11 is 0. The fourth-order valence-electron chi connectivity index (χ4n) is 4.23. The molecule has 1 aliphatic heterocycles. The van der Waals surface area contributed by atoms with Crippen molar-refractivity contribution in [2.45, 2.75) is 51.6 Å². The van der Waals surface area contributed by atoms with E-state index in [1.807, 2.05) is 44.2 Å². The topological polar surface area (TPSA) is 117 Å². The summed E-state index contributed by atoms with van der Waals surface area (Å²) in [6.07, 6.45) is 1.60. The minimum atomic E-state index is -0.931. The number of aryl methyl sites for hydroxylation is 1. The number of benzene rings is 2. The molecule has 1 heterocycles. The normalized spacial score (nSPS) is 19.4. The van der Waals surface area contributed by atoms with Gasteiger partial charge in [0.05, 0.1) is 12.1 Å². The van der Waals surface area contributed by atoms with Crippen LogP contribution in [0.15, 0.2) is 54.6 Å². The van der Waals surface area contributed by atoms with Crippen LogP contribution in [0.5, 0.6) is 5.75 Å². The summed E-state index contributed by atoms with van der Waals surface area (Å²) in [6.45, 7) is 4.60. The molecule has 4 amide bonds. The number of fused-ring (bicyclic) bond motifs is 1. The van der Waals surface area contributed by atoms with Gasteiger partial charge in [0.2, 0.25) is 17.7 Å². The summed E-state index contributed by atoms with van der Waals surface area (Å²) in [4.78, 5) is 53.6. The molecule has 0 aliphatic carbocycles. The highest BCUT2D eigenvalue weighted by Gasteiger charge is 2.29. The van der Waals surface area contributed by atoms with Crippen LogP contribution in [0.4, 0.5) is 0 Å². The number of carbonyl (C=O) groups is 4. The van der Waals surface area contributed by atoms with Crippen LogP contribution in [0.25, 0.3) is 0 Å². The maximum Gasteiger partial charge on any atom is 0.255 e. The SMILES string of the molecule is CC(C)[C@@H]1NC(=O)CC[C@@H](C(=O)NCCCc2ccccc2)NC(=O)c2ccccc2OCCN(C)C1=O. The maximum atomic E-state index is 13.2. The summed E-state index contributed by atoms with van der Waals surface area (Å²) in [5.74, 6) is -1.18. The van der Waals surface area contributed by atoms with Gasteiger partial charge in [0.1, 0.15) is 24.4 Å². The molecule has 0 saturated carbocycles. The second-order valence-corrected chi connectivity index (χ2v) is 9.84. The van der Waals surface area contributed by atoms with Crippen molar-refractivity contribution in [3.8, 4) is 5.75 Å². The summed E-state index contributed by atoms with van der Waals surface area (Å²) < 4.78 is 5.84. The first-order valence-corrected chi connectivity index (χ1v) is 13.1. The predicted octanol–water partition coefficient (Wildman–Crippen LogP) is 2.31. The molecule has 9 nitrogen and oxygen atoms in total. The second kappa shape index (κ2) is 14.2. The minimum absolute atomic E-state index is 0.0270. The molecule has 2 aromatic rings. The summed E-state index contributed by atoms with van der Waals surface area (Å²) in [5.41, 5.74) is 1.46. The molecular formula is C29H38N4O5. The van der Waals surface area contributed by atoms with Gasteiger partial charge in [0, 0.05) is 20.0 Å². The van der Waals surface area contributed by atoms with E-state index in [9.17, 15) is 19.2 Å². The first-order valence-electron chi connectivity index (χ1n) is 13.1. The number of hydrogen-bond donors (Lipinski definition) is 3. The zero-order valence-electron chi connectivity index (χ0n) is 22.4. The Kier molecular flexibility index (Phi) is 10.7. The molecule has 0 radical (unpaired) electrons. The number of likely N-dealkylation sites (N-methyl/N-ethyl adjacent to an activating group) is 1. The number of nitrogens with zero attached hydrogens (tertiary/aromatic N) is 1. The van der Waals surface area contributed by atoms with E-state index in [1.54, 1.807) is 31.3 Å². The predicted molar refractivity (Wildman–Crippen MR) is 145 cm³/mol. The average molecular weight is 523 g/mol. The number of rotatable bonds is 6. The van der Waals surface area contributed by atoms with Crippen molar-refractivity contribution in [2.24, 2.45) is 5.92 Å². The molecule has 2 atom stereocenters. The van der Waals surface area contributed by atoms with E-state index >= 15 is 0 Å². The Morgan fingerprint density at radius 2 is 1.76 bits per heavy atom. The van der Waals surface area contributed by atoms with Crippen LogP contribution in [0.2, 0.25) is 0 Å². The van der Waals surface area contributed by atoms with E-state index in [0.29, 0.717) is 12.3 Å². The smallest absolute Gasteiger partial charge is 0.255 e. The molecular weight excluding hydrogens is 484 g/mol. The Labute approximate surface area is 224 Å². The van der Waals surface area contributed by atoms with Crippen LogP contribution in [0, 0.1) is 5.92 Å². The van der Waals surface area contributed by atoms with Gasteiger partial charge in [-0.05, 0) is 42.9 Å². The van der Waals surface area contributed by atoms with Gasteiger partial charge >= 0.3 is 0 Å². The first-order chi connectivity index (χ1) is 18.3. The van der Waals surface area contributed by atoms with E-state index in [0.717, 1.165) is 12.8 Å². The maximum absolute atomic E-state index is 13.2. The lowest BCUT2D eigenvalue weighted by Crippen LogP contribution is -2.51. The summed E-state index contributed by atoms with van der Waals surface area (Å²) in [5, 5.41) is 8.48. The van der Waals surface area contributed by atoms with Crippen molar-refractivity contribution < 1.29 is 23.9 Å². The van der Waals surface area contributed by atoms with E-state index in [-0.39, 0.29) is 55.2 Å². The minimum Gasteiger partial charge on any atom is -0.491 e. The number of ether oxygens (including phenoxy) is 1. The molecule has 1 aliphatic rings. The van der Waals surface area contributed by atoms with Crippen molar-refractivity contribution in [3.05, 3.63) is 65.7 Å². The quantitative estimate of drug-likeness (QED) is 0.504. The number of carbonyl (C=O) groups excluding carboxylic acids is 4. The number of nitrogens with one attached hydrogen (secondary N) is 3. The van der Waals surface area contributed by atoms with Gasteiger partial charge in [-0.3, -0.25) is 19.2 Å². The highest BCUT2D eigenvalue weighted by molar-refractivity contribution is 5.99. The van der Waals surface area contributed by atoms with Crippen LogP contribution in [0.3, 0.4) is 0 Å². The van der Waals surface area contributed by atoms with E-state index in [1.165, 1.54) is 10.5 Å². The molecule has 204 valence electrons. The number of hydrogen-bond acceptors (Lipinski definition) is 5. The molecule has 0 saturated heterocycles. The third kappa shape index (κ3) is 8.33. The lowest BCUT2D eigenvalue weighted by atomic mass is 10.0. The zero-order chi connectivity index (χ0) is 27.5. The van der Waals surface area contributed by atoms with Crippen LogP contribution in [0.1, 0.15) is 49.0 Å². The standard InChI is InChI=1S/C29H38N4O5/c1-20(2)26-29(37)33(3)18-19-38-24-14-8-7-13-22(24)27(35)31-23(15-16-25(34)32-26)28(36)30-17-9-12-21-10-5-4-6-11-21/h4-8,10-11,13-14,20,23,26H,9,12,15-19H2,1-3H3,(H,30,36)(H,31,35)(H,32,34)/t23-,26-/m0/s1. The molecule has 38 heavy (non-hydrogen) atoms. The van der Waals surface area contributed by atoms with E-state index in [4.69, 9.17) is 4.74 Å². The van der Waals surface area contributed by atoms with Crippen LogP contribution in [-0.4, -0.2) is 67.4 Å².